The molecule has 0 aliphatic heterocycles. The maximum Gasteiger partial charge on any atom is 0.251 e. The highest BCUT2D eigenvalue weighted by atomic mass is 32.2. The molecule has 0 unspecified atom stereocenters. The maximum atomic E-state index is 14.0. The molecule has 0 fully saturated rings. The molecule has 5 nitrogen and oxygen atoms in total. The number of carbonyl (C=O) groups excluding carboxylic acids is 1. The van der Waals surface area contributed by atoms with Crippen molar-refractivity contribution in [1.82, 2.24) is 5.32 Å². The van der Waals surface area contributed by atoms with Crippen molar-refractivity contribution in [2.24, 2.45) is 0 Å². The average Bonchev–Trinajstić information content (AvgIpc) is 2.71. The highest BCUT2D eigenvalue weighted by Gasteiger charge is 2.20. The largest absolute Gasteiger partial charge is 0.348 e. The Morgan fingerprint density at radius 1 is 0.867 bits per heavy atom. The lowest BCUT2D eigenvalue weighted by molar-refractivity contribution is 0.0950. The maximum absolute atomic E-state index is 14.0. The van der Waals surface area contributed by atoms with Crippen LogP contribution in [-0.2, 0) is 23.1 Å². The third-order valence-electron chi connectivity index (χ3n) is 4.49. The first-order valence-electron chi connectivity index (χ1n) is 9.08. The van der Waals surface area contributed by atoms with Gasteiger partial charge in [0.1, 0.15) is 11.6 Å². The van der Waals surface area contributed by atoms with Gasteiger partial charge < -0.3 is 5.32 Å². The minimum atomic E-state index is -3.69. The molecular formula is C22H20F2N2O3S. The third kappa shape index (κ3) is 5.21. The smallest absolute Gasteiger partial charge is 0.251 e. The van der Waals surface area contributed by atoms with Gasteiger partial charge in [0, 0.05) is 23.2 Å². The number of hydrogen-bond donors (Lipinski definition) is 1. The molecule has 30 heavy (non-hydrogen) atoms. The first kappa shape index (κ1) is 21.4. The Labute approximate surface area is 174 Å². The van der Waals surface area contributed by atoms with E-state index in [0.29, 0.717) is 11.3 Å². The van der Waals surface area contributed by atoms with E-state index in [2.05, 4.69) is 5.32 Å². The van der Waals surface area contributed by atoms with E-state index in [1.54, 1.807) is 24.3 Å². The zero-order chi connectivity index (χ0) is 21.7. The number of benzene rings is 3. The summed E-state index contributed by atoms with van der Waals surface area (Å²) in [5.74, 6) is -1.34. The van der Waals surface area contributed by atoms with Gasteiger partial charge in [-0.2, -0.15) is 0 Å². The van der Waals surface area contributed by atoms with E-state index in [9.17, 15) is 22.0 Å². The van der Waals surface area contributed by atoms with E-state index in [1.807, 2.05) is 0 Å². The molecule has 0 heterocycles. The number of anilines is 1. The molecule has 0 saturated carbocycles. The molecule has 0 aliphatic carbocycles. The third-order valence-corrected chi connectivity index (χ3v) is 5.63. The van der Waals surface area contributed by atoms with E-state index < -0.39 is 27.6 Å². The van der Waals surface area contributed by atoms with E-state index in [-0.39, 0.29) is 24.2 Å². The molecule has 0 aromatic heterocycles. The van der Waals surface area contributed by atoms with Gasteiger partial charge in [-0.05, 0) is 36.4 Å². The van der Waals surface area contributed by atoms with Gasteiger partial charge in [0.15, 0.2) is 0 Å². The summed E-state index contributed by atoms with van der Waals surface area (Å²) in [6.45, 7) is -0.152. The second kappa shape index (κ2) is 9.04. The molecule has 3 aromatic carbocycles. The Hall–Kier alpha value is -3.26. The number of halogens is 2. The van der Waals surface area contributed by atoms with Gasteiger partial charge in [-0.25, -0.2) is 17.2 Å². The number of carbonyl (C=O) groups is 1. The highest BCUT2D eigenvalue weighted by molar-refractivity contribution is 7.92. The van der Waals surface area contributed by atoms with Crippen molar-refractivity contribution in [2.75, 3.05) is 10.6 Å². The molecule has 156 valence electrons. The molecule has 0 radical (unpaired) electrons. The van der Waals surface area contributed by atoms with Crippen LogP contribution in [0.5, 0.6) is 0 Å². The van der Waals surface area contributed by atoms with Crippen molar-refractivity contribution in [3.8, 4) is 0 Å². The van der Waals surface area contributed by atoms with Crippen LogP contribution in [0.25, 0.3) is 0 Å². The molecule has 1 N–H and O–H groups in total. The van der Waals surface area contributed by atoms with Gasteiger partial charge in [-0.3, -0.25) is 9.10 Å². The summed E-state index contributed by atoms with van der Waals surface area (Å²) < 4.78 is 53.2. The summed E-state index contributed by atoms with van der Waals surface area (Å²) in [5.41, 5.74) is 1.17. The number of nitrogens with one attached hydrogen (secondary N) is 1. The zero-order valence-electron chi connectivity index (χ0n) is 16.2. The number of nitrogens with zero attached hydrogens (tertiary/aromatic N) is 1. The molecule has 0 saturated heterocycles. The molecule has 3 aromatic rings. The summed E-state index contributed by atoms with van der Waals surface area (Å²) >= 11 is 0. The first-order chi connectivity index (χ1) is 14.3. The predicted octanol–water partition coefficient (Wildman–Crippen LogP) is 3.86. The van der Waals surface area contributed by atoms with Gasteiger partial charge in [-0.1, -0.05) is 36.4 Å². The van der Waals surface area contributed by atoms with Crippen molar-refractivity contribution in [2.45, 2.75) is 13.1 Å². The monoisotopic (exact) mass is 430 g/mol. The van der Waals surface area contributed by atoms with E-state index in [0.717, 1.165) is 10.6 Å². The predicted molar refractivity (Wildman–Crippen MR) is 111 cm³/mol. The van der Waals surface area contributed by atoms with Crippen LogP contribution in [0.15, 0.2) is 72.8 Å². The van der Waals surface area contributed by atoms with E-state index in [4.69, 9.17) is 0 Å². The van der Waals surface area contributed by atoms with Crippen LogP contribution < -0.4 is 9.62 Å². The summed E-state index contributed by atoms with van der Waals surface area (Å²) in [7, 11) is -3.69. The Bertz CT molecular complexity index is 1150. The van der Waals surface area contributed by atoms with E-state index in [1.165, 1.54) is 48.5 Å². The minimum Gasteiger partial charge on any atom is -0.348 e. The van der Waals surface area contributed by atoms with Gasteiger partial charge in [0.2, 0.25) is 10.0 Å². The van der Waals surface area contributed by atoms with Gasteiger partial charge in [0.05, 0.1) is 18.5 Å². The first-order valence-corrected chi connectivity index (χ1v) is 10.9. The Morgan fingerprint density at radius 3 is 1.93 bits per heavy atom. The Kier molecular flexibility index (Phi) is 6.47. The van der Waals surface area contributed by atoms with Gasteiger partial charge in [0.25, 0.3) is 5.91 Å². The number of rotatable bonds is 7. The number of amides is 1. The Balaban J connectivity index is 1.75. The Morgan fingerprint density at radius 2 is 1.40 bits per heavy atom. The molecule has 1 amide bonds. The van der Waals surface area contributed by atoms with Crippen molar-refractivity contribution < 1.29 is 22.0 Å². The van der Waals surface area contributed by atoms with Crippen molar-refractivity contribution in [3.63, 3.8) is 0 Å². The normalized spacial score (nSPS) is 11.2. The van der Waals surface area contributed by atoms with Crippen molar-refractivity contribution in [1.29, 1.82) is 0 Å². The lowest BCUT2D eigenvalue weighted by atomic mass is 10.1. The standard InChI is InChI=1S/C22H20F2N2O3S/c1-30(28,29)26(15-18-7-3-5-9-21(18)24)19-12-10-16(11-13-19)22(27)25-14-17-6-2-4-8-20(17)23/h2-13H,14-15H2,1H3,(H,25,27). The molecule has 0 atom stereocenters. The number of sulfonamides is 1. The second-order valence-corrected chi connectivity index (χ2v) is 8.59. The SMILES string of the molecule is CS(=O)(=O)N(Cc1ccccc1F)c1ccc(C(=O)NCc2ccccc2F)cc1. The summed E-state index contributed by atoms with van der Waals surface area (Å²) in [6.07, 6.45) is 1.03. The zero-order valence-corrected chi connectivity index (χ0v) is 17.0. The minimum absolute atomic E-state index is 0.0238. The van der Waals surface area contributed by atoms with Gasteiger partial charge in [-0.15, -0.1) is 0 Å². The average molecular weight is 430 g/mol. The van der Waals surface area contributed by atoms with Crippen molar-refractivity contribution >= 4 is 21.6 Å². The number of hydrogen-bond acceptors (Lipinski definition) is 3. The lowest BCUT2D eigenvalue weighted by Crippen LogP contribution is -2.30. The van der Waals surface area contributed by atoms with Crippen LogP contribution >= 0.6 is 0 Å². The molecule has 0 aliphatic rings. The quantitative estimate of drug-likeness (QED) is 0.619. The molecule has 3 rings (SSSR count). The topological polar surface area (TPSA) is 66.5 Å². The van der Waals surface area contributed by atoms with E-state index >= 15 is 0 Å². The molecule has 0 spiro atoms. The molecule has 0 bridgehead atoms. The van der Waals surface area contributed by atoms with Gasteiger partial charge >= 0.3 is 0 Å². The van der Waals surface area contributed by atoms with Crippen molar-refractivity contribution in [3.05, 3.63) is 101 Å². The second-order valence-electron chi connectivity index (χ2n) is 6.68. The highest BCUT2D eigenvalue weighted by Crippen LogP contribution is 2.22. The van der Waals surface area contributed by atoms with Crippen LogP contribution in [0.3, 0.4) is 0 Å². The summed E-state index contributed by atoms with van der Waals surface area (Å²) in [6, 6.07) is 17.9. The molecular weight excluding hydrogens is 410 g/mol. The van der Waals surface area contributed by atoms with Crippen LogP contribution in [0.2, 0.25) is 0 Å². The van der Waals surface area contributed by atoms with Crippen LogP contribution in [0.1, 0.15) is 21.5 Å². The van der Waals surface area contributed by atoms with Crippen LogP contribution in [0, 0.1) is 11.6 Å². The fourth-order valence-corrected chi connectivity index (χ4v) is 3.76. The lowest BCUT2D eigenvalue weighted by Gasteiger charge is -2.23. The molecule has 8 heteroatoms. The van der Waals surface area contributed by atoms with Crippen LogP contribution in [-0.4, -0.2) is 20.6 Å². The summed E-state index contributed by atoms with van der Waals surface area (Å²) in [5, 5.41) is 2.62. The summed E-state index contributed by atoms with van der Waals surface area (Å²) in [4.78, 5) is 12.3. The fraction of sp³-hybridized carbons (Fsp3) is 0.136. The van der Waals surface area contributed by atoms with Crippen LogP contribution in [0.4, 0.5) is 14.5 Å². The fourth-order valence-electron chi connectivity index (χ4n) is 2.88.